The van der Waals surface area contributed by atoms with Gasteiger partial charge in [-0.05, 0) is 24.6 Å². The Hall–Kier alpha value is -1.84. The number of hydrogen-bond acceptors (Lipinski definition) is 2. The van der Waals surface area contributed by atoms with Crippen LogP contribution in [0.2, 0.25) is 0 Å². The van der Waals surface area contributed by atoms with Crippen LogP contribution in [0.15, 0.2) is 31.4 Å². The minimum absolute atomic E-state index is 0.0284. The van der Waals surface area contributed by atoms with Gasteiger partial charge >= 0.3 is 0 Å². The van der Waals surface area contributed by atoms with Crippen molar-refractivity contribution in [3.63, 3.8) is 0 Å². The van der Waals surface area contributed by atoms with Gasteiger partial charge in [0.1, 0.15) is 11.6 Å². The highest BCUT2D eigenvalue weighted by Gasteiger charge is 2.12. The summed E-state index contributed by atoms with van der Waals surface area (Å²) < 4.78 is 31.0. The Balaban J connectivity index is 3.19. The van der Waals surface area contributed by atoms with Gasteiger partial charge in [-0.3, -0.25) is 0 Å². The van der Waals surface area contributed by atoms with Crippen molar-refractivity contribution in [1.82, 2.24) is 0 Å². The molecule has 1 aromatic carbocycles. The smallest absolute Gasteiger partial charge is 0.257 e. The maximum Gasteiger partial charge on any atom is 0.257 e. The summed E-state index contributed by atoms with van der Waals surface area (Å²) in [6, 6.07) is 2.40. The fourth-order valence-corrected chi connectivity index (χ4v) is 1.17. The predicted octanol–water partition coefficient (Wildman–Crippen LogP) is 3.30. The van der Waals surface area contributed by atoms with Gasteiger partial charge in [0.2, 0.25) is 0 Å². The fraction of sp³-hybridized carbons (Fsp3) is 0.167. The van der Waals surface area contributed by atoms with Gasteiger partial charge in [0.15, 0.2) is 0 Å². The highest BCUT2D eigenvalue weighted by molar-refractivity contribution is 5.70. The average Bonchev–Trinajstić information content (AvgIpc) is 2.22. The molecule has 0 aliphatic carbocycles. The lowest BCUT2D eigenvalue weighted by Gasteiger charge is -2.13. The first kappa shape index (κ1) is 12.2. The van der Waals surface area contributed by atoms with Gasteiger partial charge in [-0.2, -0.15) is 4.39 Å². The summed E-state index contributed by atoms with van der Waals surface area (Å²) in [5.41, 5.74) is 6.46. The number of hydrogen-bond donors (Lipinski definition) is 1. The first-order valence-corrected chi connectivity index (χ1v) is 4.64. The summed E-state index contributed by atoms with van der Waals surface area (Å²) in [4.78, 5) is 0. The molecule has 86 valence electrons. The van der Waals surface area contributed by atoms with Gasteiger partial charge in [0.05, 0.1) is 5.69 Å². The van der Waals surface area contributed by atoms with Crippen LogP contribution in [0, 0.1) is 5.82 Å². The monoisotopic (exact) mass is 225 g/mol. The molecule has 0 aliphatic heterocycles. The number of nitrogen functional groups attached to an aromatic ring is 1. The van der Waals surface area contributed by atoms with Crippen LogP contribution in [0.25, 0.3) is 5.57 Å². The van der Waals surface area contributed by atoms with Gasteiger partial charge in [-0.1, -0.05) is 13.2 Å². The van der Waals surface area contributed by atoms with Crippen LogP contribution < -0.4 is 10.5 Å². The van der Waals surface area contributed by atoms with E-state index in [1.807, 2.05) is 0 Å². The van der Waals surface area contributed by atoms with Crippen LogP contribution in [0.1, 0.15) is 12.5 Å². The van der Waals surface area contributed by atoms with Crippen LogP contribution in [-0.2, 0) is 0 Å². The van der Waals surface area contributed by atoms with Gasteiger partial charge in [0, 0.05) is 11.6 Å². The molecule has 16 heavy (non-hydrogen) atoms. The lowest BCUT2D eigenvalue weighted by Crippen LogP contribution is -2.08. The molecular formula is C12H13F2NO. The number of halogens is 2. The second kappa shape index (κ2) is 4.79. The molecule has 0 bridgehead atoms. The topological polar surface area (TPSA) is 35.2 Å². The molecule has 4 heteroatoms. The Bertz CT molecular complexity index is 429. The van der Waals surface area contributed by atoms with E-state index in [0.29, 0.717) is 11.1 Å². The van der Waals surface area contributed by atoms with Gasteiger partial charge in [-0.15, -0.1) is 0 Å². The molecule has 2 N–H and O–H groups in total. The molecule has 2 nitrogen and oxygen atoms in total. The summed E-state index contributed by atoms with van der Waals surface area (Å²) in [7, 11) is 0. The van der Waals surface area contributed by atoms with Crippen molar-refractivity contribution in [3.8, 4) is 5.75 Å². The van der Waals surface area contributed by atoms with Crippen molar-refractivity contribution in [2.24, 2.45) is 0 Å². The Morgan fingerprint density at radius 1 is 1.56 bits per heavy atom. The number of benzene rings is 1. The van der Waals surface area contributed by atoms with E-state index >= 15 is 0 Å². The molecule has 0 aliphatic rings. The van der Waals surface area contributed by atoms with Crippen LogP contribution in [-0.4, -0.2) is 6.36 Å². The second-order valence-corrected chi connectivity index (χ2v) is 3.35. The van der Waals surface area contributed by atoms with Crippen LogP contribution in [0.5, 0.6) is 5.75 Å². The number of anilines is 1. The van der Waals surface area contributed by atoms with Gasteiger partial charge in [-0.25, -0.2) is 4.39 Å². The average molecular weight is 225 g/mol. The summed E-state index contributed by atoms with van der Waals surface area (Å²) in [5.74, 6) is -0.595. The highest BCUT2D eigenvalue weighted by Crippen LogP contribution is 2.30. The molecule has 0 amide bonds. The van der Waals surface area contributed by atoms with E-state index in [0.717, 1.165) is 12.1 Å². The van der Waals surface area contributed by atoms with Gasteiger partial charge < -0.3 is 10.5 Å². The number of ether oxygens (including phenoxy) is 1. The zero-order valence-electron chi connectivity index (χ0n) is 8.97. The molecule has 1 atom stereocenters. The molecule has 0 saturated carbocycles. The van der Waals surface area contributed by atoms with Gasteiger partial charge in [0.25, 0.3) is 6.36 Å². The number of rotatable bonds is 4. The molecule has 0 spiro atoms. The number of alkyl halides is 1. The fourth-order valence-electron chi connectivity index (χ4n) is 1.17. The third kappa shape index (κ3) is 2.59. The Morgan fingerprint density at radius 3 is 2.69 bits per heavy atom. The second-order valence-electron chi connectivity index (χ2n) is 3.35. The first-order valence-electron chi connectivity index (χ1n) is 4.64. The normalized spacial score (nSPS) is 11.9. The molecule has 0 fully saturated rings. The predicted molar refractivity (Wildman–Crippen MR) is 61.2 cm³/mol. The Kier molecular flexibility index (Phi) is 3.66. The Labute approximate surface area is 93.0 Å². The Morgan fingerprint density at radius 2 is 2.19 bits per heavy atom. The van der Waals surface area contributed by atoms with E-state index in [9.17, 15) is 8.78 Å². The standard InChI is InChI=1S/C12H13F2NO/c1-4-12(14)16-11-6-9(13)10(15)5-8(11)7(2)3/h4-6,12H,1-2,15H2,3H3. The third-order valence-electron chi connectivity index (χ3n) is 1.98. The van der Waals surface area contributed by atoms with Crippen LogP contribution in [0.3, 0.4) is 0 Å². The summed E-state index contributed by atoms with van der Waals surface area (Å²) >= 11 is 0. The molecule has 0 heterocycles. The van der Waals surface area contributed by atoms with Crippen LogP contribution in [0.4, 0.5) is 14.5 Å². The SMILES string of the molecule is C=CC(F)Oc1cc(F)c(N)cc1C(=C)C. The molecule has 1 unspecified atom stereocenters. The summed E-state index contributed by atoms with van der Waals surface area (Å²) in [6.07, 6.45) is -0.725. The van der Waals surface area contributed by atoms with E-state index in [2.05, 4.69) is 13.2 Å². The van der Waals surface area contributed by atoms with Crippen molar-refractivity contribution in [3.05, 3.63) is 42.7 Å². The molecule has 1 rings (SSSR count). The highest BCUT2D eigenvalue weighted by atomic mass is 19.1. The van der Waals surface area contributed by atoms with Crippen molar-refractivity contribution in [2.45, 2.75) is 13.3 Å². The van der Waals surface area contributed by atoms with Crippen molar-refractivity contribution in [2.75, 3.05) is 5.73 Å². The largest absolute Gasteiger partial charge is 0.456 e. The number of nitrogens with two attached hydrogens (primary N) is 1. The number of allylic oxidation sites excluding steroid dienone is 1. The minimum atomic E-state index is -1.69. The molecular weight excluding hydrogens is 212 g/mol. The first-order chi connectivity index (χ1) is 7.45. The van der Waals surface area contributed by atoms with E-state index in [-0.39, 0.29) is 11.4 Å². The van der Waals surface area contributed by atoms with Crippen molar-refractivity contribution >= 4 is 11.3 Å². The molecule has 0 saturated heterocycles. The third-order valence-corrected chi connectivity index (χ3v) is 1.98. The van der Waals surface area contributed by atoms with E-state index < -0.39 is 12.2 Å². The zero-order valence-corrected chi connectivity index (χ0v) is 8.97. The lowest BCUT2D eigenvalue weighted by atomic mass is 10.1. The maximum absolute atomic E-state index is 13.2. The zero-order chi connectivity index (χ0) is 12.3. The molecule has 0 radical (unpaired) electrons. The lowest BCUT2D eigenvalue weighted by molar-refractivity contribution is 0.113. The maximum atomic E-state index is 13.2. The molecule has 0 aromatic heterocycles. The minimum Gasteiger partial charge on any atom is -0.456 e. The molecule has 1 aromatic rings. The van der Waals surface area contributed by atoms with Crippen molar-refractivity contribution < 1.29 is 13.5 Å². The quantitative estimate of drug-likeness (QED) is 0.630. The van der Waals surface area contributed by atoms with E-state index in [1.54, 1.807) is 6.92 Å². The summed E-state index contributed by atoms with van der Waals surface area (Å²) in [5, 5.41) is 0. The van der Waals surface area contributed by atoms with E-state index in [4.69, 9.17) is 10.5 Å². The van der Waals surface area contributed by atoms with Crippen LogP contribution >= 0.6 is 0 Å². The van der Waals surface area contributed by atoms with Crippen molar-refractivity contribution in [1.29, 1.82) is 0 Å². The van der Waals surface area contributed by atoms with E-state index in [1.165, 1.54) is 6.07 Å². The summed E-state index contributed by atoms with van der Waals surface area (Å²) in [6.45, 7) is 8.61.